The summed E-state index contributed by atoms with van der Waals surface area (Å²) in [5.41, 5.74) is 2.44. The summed E-state index contributed by atoms with van der Waals surface area (Å²) >= 11 is 0. The summed E-state index contributed by atoms with van der Waals surface area (Å²) in [4.78, 5) is 27.0. The smallest absolute Gasteiger partial charge is 0.257 e. The van der Waals surface area contributed by atoms with Gasteiger partial charge in [0.25, 0.3) is 11.5 Å². The van der Waals surface area contributed by atoms with Crippen molar-refractivity contribution >= 4 is 16.8 Å². The lowest BCUT2D eigenvalue weighted by molar-refractivity contribution is -0.123. The van der Waals surface area contributed by atoms with Gasteiger partial charge in [0.05, 0.1) is 7.11 Å². The molecule has 0 radical (unpaired) electrons. The second kappa shape index (κ2) is 8.40. The number of aromatic amines is 1. The number of benzene rings is 2. The van der Waals surface area contributed by atoms with E-state index < -0.39 is 0 Å². The Hall–Kier alpha value is -3.28. The number of aromatic nitrogens is 1. The monoisotopic (exact) mass is 366 g/mol. The van der Waals surface area contributed by atoms with Crippen molar-refractivity contribution < 1.29 is 14.3 Å². The summed E-state index contributed by atoms with van der Waals surface area (Å²) in [5.74, 6) is 0.828. The summed E-state index contributed by atoms with van der Waals surface area (Å²) in [6.07, 6.45) is 0.444. The molecule has 0 atom stereocenters. The quantitative estimate of drug-likeness (QED) is 0.673. The van der Waals surface area contributed by atoms with Gasteiger partial charge in [-0.2, -0.15) is 0 Å². The fraction of sp³-hybridized carbons (Fsp3) is 0.238. The SMILES string of the molecule is COc1ccccc1OCC(=O)NCCc1cc2cc(C)ccc2[nH]c1=O. The van der Waals surface area contributed by atoms with Crippen LogP contribution in [-0.4, -0.2) is 31.2 Å². The molecule has 27 heavy (non-hydrogen) atoms. The molecule has 0 spiro atoms. The highest BCUT2D eigenvalue weighted by Gasteiger charge is 2.08. The molecule has 0 aliphatic carbocycles. The number of carbonyl (C=O) groups is 1. The third-order valence-electron chi connectivity index (χ3n) is 4.22. The van der Waals surface area contributed by atoms with Crippen LogP contribution in [0.3, 0.4) is 0 Å². The molecule has 2 aromatic carbocycles. The minimum absolute atomic E-state index is 0.117. The first-order valence-electron chi connectivity index (χ1n) is 8.72. The molecule has 1 heterocycles. The summed E-state index contributed by atoms with van der Waals surface area (Å²) in [6.45, 7) is 2.24. The first-order valence-corrected chi connectivity index (χ1v) is 8.72. The van der Waals surface area contributed by atoms with Crippen LogP contribution in [-0.2, 0) is 11.2 Å². The number of carbonyl (C=O) groups excluding carboxylic acids is 1. The van der Waals surface area contributed by atoms with Crippen molar-refractivity contribution in [2.45, 2.75) is 13.3 Å². The Morgan fingerprint density at radius 2 is 1.89 bits per heavy atom. The number of para-hydroxylation sites is 2. The van der Waals surface area contributed by atoms with E-state index >= 15 is 0 Å². The lowest BCUT2D eigenvalue weighted by Gasteiger charge is -2.10. The molecule has 0 aliphatic rings. The first kappa shape index (κ1) is 18.5. The fourth-order valence-electron chi connectivity index (χ4n) is 2.83. The molecule has 0 unspecified atom stereocenters. The Bertz CT molecular complexity index is 1010. The van der Waals surface area contributed by atoms with Crippen LogP contribution in [0.15, 0.2) is 53.3 Å². The molecule has 0 aliphatic heterocycles. The van der Waals surface area contributed by atoms with Gasteiger partial charge in [-0.25, -0.2) is 0 Å². The Balaban J connectivity index is 1.55. The molecule has 0 saturated heterocycles. The molecule has 1 aromatic heterocycles. The largest absolute Gasteiger partial charge is 0.493 e. The number of hydrogen-bond donors (Lipinski definition) is 2. The second-order valence-electron chi connectivity index (χ2n) is 6.25. The Morgan fingerprint density at radius 1 is 1.11 bits per heavy atom. The van der Waals surface area contributed by atoms with Crippen molar-refractivity contribution in [3.8, 4) is 11.5 Å². The summed E-state index contributed by atoms with van der Waals surface area (Å²) in [6, 6.07) is 14.9. The summed E-state index contributed by atoms with van der Waals surface area (Å²) in [5, 5.41) is 3.75. The van der Waals surface area contributed by atoms with Crippen molar-refractivity contribution in [2.24, 2.45) is 0 Å². The zero-order valence-corrected chi connectivity index (χ0v) is 15.4. The van der Waals surface area contributed by atoms with Gasteiger partial charge >= 0.3 is 0 Å². The Kier molecular flexibility index (Phi) is 5.76. The fourth-order valence-corrected chi connectivity index (χ4v) is 2.83. The number of aryl methyl sites for hydroxylation is 1. The van der Waals surface area contributed by atoms with Crippen molar-refractivity contribution in [1.29, 1.82) is 0 Å². The number of hydrogen-bond acceptors (Lipinski definition) is 4. The maximum Gasteiger partial charge on any atom is 0.257 e. The maximum atomic E-state index is 12.2. The molecule has 1 amide bonds. The topological polar surface area (TPSA) is 80.4 Å². The van der Waals surface area contributed by atoms with Crippen LogP contribution < -0.4 is 20.3 Å². The molecule has 0 fully saturated rings. The molecule has 6 heteroatoms. The van der Waals surface area contributed by atoms with Gasteiger partial charge in [0.2, 0.25) is 0 Å². The number of nitrogens with one attached hydrogen (secondary N) is 2. The molecule has 140 valence electrons. The molecule has 0 saturated carbocycles. The lowest BCUT2D eigenvalue weighted by Crippen LogP contribution is -2.31. The minimum atomic E-state index is -0.256. The highest BCUT2D eigenvalue weighted by molar-refractivity contribution is 5.80. The second-order valence-corrected chi connectivity index (χ2v) is 6.25. The van der Waals surface area contributed by atoms with Crippen LogP contribution in [0.25, 0.3) is 10.9 Å². The molecule has 6 nitrogen and oxygen atoms in total. The number of amides is 1. The average molecular weight is 366 g/mol. The normalized spacial score (nSPS) is 10.6. The summed E-state index contributed by atoms with van der Waals surface area (Å²) in [7, 11) is 1.55. The van der Waals surface area contributed by atoms with E-state index in [1.807, 2.05) is 43.3 Å². The predicted octanol–water partition coefficient (Wildman–Crippen LogP) is 2.58. The maximum absolute atomic E-state index is 12.2. The van der Waals surface area contributed by atoms with Crippen LogP contribution in [0.1, 0.15) is 11.1 Å². The van der Waals surface area contributed by atoms with Crippen LogP contribution in [0.5, 0.6) is 11.5 Å². The van der Waals surface area contributed by atoms with Gasteiger partial charge in [-0.15, -0.1) is 0 Å². The number of fused-ring (bicyclic) bond motifs is 1. The summed E-state index contributed by atoms with van der Waals surface area (Å²) < 4.78 is 10.7. The zero-order chi connectivity index (χ0) is 19.2. The van der Waals surface area contributed by atoms with Gasteiger partial charge in [0, 0.05) is 17.6 Å². The van der Waals surface area contributed by atoms with E-state index in [1.54, 1.807) is 19.2 Å². The number of methoxy groups -OCH3 is 1. The molecule has 2 N–H and O–H groups in total. The van der Waals surface area contributed by atoms with E-state index in [9.17, 15) is 9.59 Å². The number of H-pyrrole nitrogens is 1. The van der Waals surface area contributed by atoms with Crippen molar-refractivity contribution in [1.82, 2.24) is 10.3 Å². The molecule has 3 aromatic rings. The minimum Gasteiger partial charge on any atom is -0.493 e. The Morgan fingerprint density at radius 3 is 2.67 bits per heavy atom. The highest BCUT2D eigenvalue weighted by atomic mass is 16.5. The van der Waals surface area contributed by atoms with E-state index in [2.05, 4.69) is 10.3 Å². The van der Waals surface area contributed by atoms with E-state index in [-0.39, 0.29) is 18.1 Å². The predicted molar refractivity (Wildman–Crippen MR) is 105 cm³/mol. The zero-order valence-electron chi connectivity index (χ0n) is 15.4. The number of rotatable bonds is 7. The highest BCUT2D eigenvalue weighted by Crippen LogP contribution is 2.25. The van der Waals surface area contributed by atoms with E-state index in [0.29, 0.717) is 30.0 Å². The van der Waals surface area contributed by atoms with Gasteiger partial charge in [-0.05, 0) is 49.1 Å². The van der Waals surface area contributed by atoms with E-state index in [0.717, 1.165) is 16.5 Å². The van der Waals surface area contributed by atoms with Gasteiger partial charge < -0.3 is 19.8 Å². The number of pyridine rings is 1. The van der Waals surface area contributed by atoms with Gasteiger partial charge in [-0.1, -0.05) is 23.8 Å². The standard InChI is InChI=1S/C21H22N2O4/c1-14-7-8-17-16(11-14)12-15(21(25)23-17)9-10-22-20(24)13-27-19-6-4-3-5-18(19)26-2/h3-8,11-12H,9-10,13H2,1-2H3,(H,22,24)(H,23,25). The van der Waals surface area contributed by atoms with Gasteiger partial charge in [0.1, 0.15) is 0 Å². The molecule has 3 rings (SSSR count). The van der Waals surface area contributed by atoms with Crippen LogP contribution in [0.4, 0.5) is 0 Å². The molecule has 0 bridgehead atoms. The third kappa shape index (κ3) is 4.67. The van der Waals surface area contributed by atoms with Gasteiger partial charge in [0.15, 0.2) is 18.1 Å². The van der Waals surface area contributed by atoms with Gasteiger partial charge in [-0.3, -0.25) is 9.59 Å². The average Bonchev–Trinajstić information content (AvgIpc) is 2.67. The van der Waals surface area contributed by atoms with E-state index in [4.69, 9.17) is 9.47 Å². The van der Waals surface area contributed by atoms with Crippen LogP contribution in [0.2, 0.25) is 0 Å². The first-order chi connectivity index (χ1) is 13.1. The van der Waals surface area contributed by atoms with Crippen molar-refractivity contribution in [3.63, 3.8) is 0 Å². The van der Waals surface area contributed by atoms with Crippen molar-refractivity contribution in [2.75, 3.05) is 20.3 Å². The van der Waals surface area contributed by atoms with Crippen LogP contribution in [0, 0.1) is 6.92 Å². The lowest BCUT2D eigenvalue weighted by atomic mass is 10.1. The number of ether oxygens (including phenoxy) is 2. The van der Waals surface area contributed by atoms with Crippen LogP contribution >= 0.6 is 0 Å². The Labute approximate surface area is 157 Å². The van der Waals surface area contributed by atoms with E-state index in [1.165, 1.54) is 0 Å². The third-order valence-corrected chi connectivity index (χ3v) is 4.22. The van der Waals surface area contributed by atoms with Crippen molar-refractivity contribution in [3.05, 3.63) is 70.0 Å². The molecular weight excluding hydrogens is 344 g/mol. The molecular formula is C21H22N2O4.